The molecule has 2 rings (SSSR count). The van der Waals surface area contributed by atoms with Gasteiger partial charge in [-0.2, -0.15) is 4.39 Å². The first-order valence-corrected chi connectivity index (χ1v) is 4.68. The fraction of sp³-hybridized carbons (Fsp3) is 0. The van der Waals surface area contributed by atoms with Crippen LogP contribution in [0.3, 0.4) is 0 Å². The highest BCUT2D eigenvalue weighted by atomic mass is 19.2. The standard InChI is InChI=1S/C11H2F7N/c12-3-1-2-19-11(18)4(3)5-6(13)8(15)10(17)9(16)7(5)14/h1-2H. The van der Waals surface area contributed by atoms with E-state index in [1.54, 1.807) is 0 Å². The van der Waals surface area contributed by atoms with Crippen LogP contribution in [0.25, 0.3) is 11.1 Å². The smallest absolute Gasteiger partial charge is 0.223 e. The summed E-state index contributed by atoms with van der Waals surface area (Å²) in [7, 11) is 0. The van der Waals surface area contributed by atoms with Crippen LogP contribution in [0.1, 0.15) is 0 Å². The van der Waals surface area contributed by atoms with Crippen molar-refractivity contribution in [1.82, 2.24) is 4.98 Å². The summed E-state index contributed by atoms with van der Waals surface area (Å²) in [5.74, 6) is -14.9. The molecule has 0 bridgehead atoms. The van der Waals surface area contributed by atoms with Gasteiger partial charge in [0.15, 0.2) is 23.3 Å². The van der Waals surface area contributed by atoms with Gasteiger partial charge in [-0.25, -0.2) is 31.3 Å². The number of rotatable bonds is 1. The lowest BCUT2D eigenvalue weighted by atomic mass is 10.0. The van der Waals surface area contributed by atoms with E-state index in [1.807, 2.05) is 0 Å². The van der Waals surface area contributed by atoms with E-state index in [0.29, 0.717) is 12.3 Å². The lowest BCUT2D eigenvalue weighted by Gasteiger charge is -2.09. The Morgan fingerprint density at radius 3 is 1.58 bits per heavy atom. The van der Waals surface area contributed by atoms with Crippen molar-refractivity contribution < 1.29 is 30.7 Å². The maximum atomic E-state index is 13.4. The van der Waals surface area contributed by atoms with E-state index < -0.39 is 52.0 Å². The molecule has 1 nitrogen and oxygen atoms in total. The number of hydrogen-bond acceptors (Lipinski definition) is 1. The molecule has 0 atom stereocenters. The van der Waals surface area contributed by atoms with Gasteiger partial charge in [0.05, 0.1) is 11.1 Å². The van der Waals surface area contributed by atoms with Gasteiger partial charge in [-0.1, -0.05) is 0 Å². The predicted octanol–water partition coefficient (Wildman–Crippen LogP) is 3.72. The highest BCUT2D eigenvalue weighted by Gasteiger charge is 2.30. The molecule has 0 radical (unpaired) electrons. The highest BCUT2D eigenvalue weighted by molar-refractivity contribution is 5.65. The van der Waals surface area contributed by atoms with Crippen LogP contribution in [-0.2, 0) is 0 Å². The first-order valence-electron chi connectivity index (χ1n) is 4.68. The van der Waals surface area contributed by atoms with Gasteiger partial charge >= 0.3 is 0 Å². The molecule has 0 N–H and O–H groups in total. The maximum absolute atomic E-state index is 13.4. The summed E-state index contributed by atoms with van der Waals surface area (Å²) in [5.41, 5.74) is -3.12. The molecule has 0 aliphatic carbocycles. The van der Waals surface area contributed by atoms with E-state index in [-0.39, 0.29) is 0 Å². The first-order chi connectivity index (χ1) is 8.86. The zero-order valence-electron chi connectivity index (χ0n) is 8.75. The Bertz CT molecular complexity index is 619. The topological polar surface area (TPSA) is 12.9 Å². The summed E-state index contributed by atoms with van der Waals surface area (Å²) in [6, 6.07) is 0.524. The van der Waals surface area contributed by atoms with Gasteiger partial charge in [0.2, 0.25) is 11.8 Å². The van der Waals surface area contributed by atoms with Crippen molar-refractivity contribution in [1.29, 1.82) is 0 Å². The van der Waals surface area contributed by atoms with Crippen molar-refractivity contribution in [3.63, 3.8) is 0 Å². The Labute approximate surface area is 101 Å². The van der Waals surface area contributed by atoms with Crippen LogP contribution >= 0.6 is 0 Å². The van der Waals surface area contributed by atoms with Gasteiger partial charge < -0.3 is 0 Å². The number of pyridine rings is 1. The van der Waals surface area contributed by atoms with Gasteiger partial charge in [0, 0.05) is 6.20 Å². The van der Waals surface area contributed by atoms with Crippen LogP contribution in [0.4, 0.5) is 30.7 Å². The number of benzene rings is 1. The highest BCUT2D eigenvalue weighted by Crippen LogP contribution is 2.33. The summed E-state index contributed by atoms with van der Waals surface area (Å²) in [5, 5.41) is 0. The zero-order valence-corrected chi connectivity index (χ0v) is 8.75. The van der Waals surface area contributed by atoms with Crippen LogP contribution in [0, 0.1) is 40.9 Å². The summed E-state index contributed by atoms with van der Waals surface area (Å²) in [4.78, 5) is 2.90. The third-order valence-electron chi connectivity index (χ3n) is 2.31. The molecule has 100 valence electrons. The average molecular weight is 281 g/mol. The number of aromatic nitrogens is 1. The van der Waals surface area contributed by atoms with Gasteiger partial charge in [-0.15, -0.1) is 0 Å². The van der Waals surface area contributed by atoms with Crippen molar-refractivity contribution in [3.05, 3.63) is 53.1 Å². The van der Waals surface area contributed by atoms with Crippen LogP contribution in [0.2, 0.25) is 0 Å². The van der Waals surface area contributed by atoms with E-state index in [0.717, 1.165) is 0 Å². The van der Waals surface area contributed by atoms with Gasteiger partial charge in [0.1, 0.15) is 5.82 Å². The molecule has 1 aromatic heterocycles. The van der Waals surface area contributed by atoms with Gasteiger partial charge in [-0.05, 0) is 6.07 Å². The maximum Gasteiger partial charge on any atom is 0.223 e. The van der Waals surface area contributed by atoms with Crippen LogP contribution < -0.4 is 0 Å². The molecule has 0 aliphatic heterocycles. The van der Waals surface area contributed by atoms with E-state index in [4.69, 9.17) is 0 Å². The van der Waals surface area contributed by atoms with Crippen LogP contribution in [0.15, 0.2) is 12.3 Å². The second-order valence-corrected chi connectivity index (χ2v) is 3.40. The average Bonchev–Trinajstić information content (AvgIpc) is 2.37. The normalized spacial score (nSPS) is 10.9. The van der Waals surface area contributed by atoms with Crippen molar-refractivity contribution in [2.75, 3.05) is 0 Å². The first kappa shape index (κ1) is 13.3. The molecule has 19 heavy (non-hydrogen) atoms. The largest absolute Gasteiger partial charge is 0.228 e. The van der Waals surface area contributed by atoms with Crippen molar-refractivity contribution in [2.45, 2.75) is 0 Å². The summed E-state index contributed by atoms with van der Waals surface area (Å²) in [6.07, 6.45) is 0.639. The summed E-state index contributed by atoms with van der Waals surface area (Å²) < 4.78 is 91.9. The zero-order chi connectivity index (χ0) is 14.3. The Morgan fingerprint density at radius 2 is 1.11 bits per heavy atom. The summed E-state index contributed by atoms with van der Waals surface area (Å²) in [6.45, 7) is 0. The minimum absolute atomic E-state index is 0.524. The molecule has 0 saturated carbocycles. The Hall–Kier alpha value is -2.12. The van der Waals surface area contributed by atoms with Crippen molar-refractivity contribution in [2.24, 2.45) is 0 Å². The number of nitrogens with zero attached hydrogens (tertiary/aromatic N) is 1. The predicted molar refractivity (Wildman–Crippen MR) is 49.4 cm³/mol. The molecular weight excluding hydrogens is 279 g/mol. The molecule has 0 unspecified atom stereocenters. The molecule has 2 aromatic rings. The fourth-order valence-corrected chi connectivity index (χ4v) is 1.46. The van der Waals surface area contributed by atoms with Crippen molar-refractivity contribution >= 4 is 0 Å². The number of halogens is 7. The molecule has 0 fully saturated rings. The Morgan fingerprint density at radius 1 is 0.632 bits per heavy atom. The molecule has 8 heteroatoms. The Balaban J connectivity index is 2.92. The molecule has 0 spiro atoms. The van der Waals surface area contributed by atoms with Crippen molar-refractivity contribution in [3.8, 4) is 11.1 Å². The van der Waals surface area contributed by atoms with Gasteiger partial charge in [-0.3, -0.25) is 0 Å². The quantitative estimate of drug-likeness (QED) is 0.336. The fourth-order valence-electron chi connectivity index (χ4n) is 1.46. The summed E-state index contributed by atoms with van der Waals surface area (Å²) >= 11 is 0. The number of hydrogen-bond donors (Lipinski definition) is 0. The Kier molecular flexibility index (Phi) is 3.17. The molecule has 1 heterocycles. The lowest BCUT2D eigenvalue weighted by Crippen LogP contribution is -2.06. The molecule has 0 aliphatic rings. The van der Waals surface area contributed by atoms with E-state index in [9.17, 15) is 30.7 Å². The second kappa shape index (κ2) is 4.52. The SMILES string of the molecule is Fc1ccnc(F)c1-c1c(F)c(F)c(F)c(F)c1F. The van der Waals surface area contributed by atoms with E-state index in [2.05, 4.69) is 4.98 Å². The van der Waals surface area contributed by atoms with Gasteiger partial charge in [0.25, 0.3) is 0 Å². The minimum Gasteiger partial charge on any atom is -0.228 e. The van der Waals surface area contributed by atoms with Crippen LogP contribution in [0.5, 0.6) is 0 Å². The third kappa shape index (κ3) is 1.92. The third-order valence-corrected chi connectivity index (χ3v) is 2.31. The molecular formula is C11H2F7N. The monoisotopic (exact) mass is 281 g/mol. The van der Waals surface area contributed by atoms with Crippen LogP contribution in [-0.4, -0.2) is 4.98 Å². The molecule has 0 saturated heterocycles. The van der Waals surface area contributed by atoms with E-state index in [1.165, 1.54) is 0 Å². The lowest BCUT2D eigenvalue weighted by molar-refractivity contribution is 0.380. The minimum atomic E-state index is -2.41. The second-order valence-electron chi connectivity index (χ2n) is 3.40. The molecule has 1 aromatic carbocycles. The molecule has 0 amide bonds. The van der Waals surface area contributed by atoms with E-state index >= 15 is 0 Å².